The highest BCUT2D eigenvalue weighted by Crippen LogP contribution is 2.26. The van der Waals surface area contributed by atoms with Gasteiger partial charge in [0, 0.05) is 6.07 Å². The largest absolute Gasteiger partial charge is 0.497 e. The van der Waals surface area contributed by atoms with Gasteiger partial charge in [-0.05, 0) is 42.8 Å². The van der Waals surface area contributed by atoms with E-state index in [-0.39, 0.29) is 6.04 Å². The maximum Gasteiger partial charge on any atom is 0.233 e. The van der Waals surface area contributed by atoms with Crippen LogP contribution >= 0.6 is 0 Å². The highest BCUT2D eigenvalue weighted by molar-refractivity contribution is 5.39. The van der Waals surface area contributed by atoms with E-state index in [1.54, 1.807) is 14.2 Å². The van der Waals surface area contributed by atoms with Crippen LogP contribution in [0.3, 0.4) is 0 Å². The summed E-state index contributed by atoms with van der Waals surface area (Å²) in [5.41, 5.74) is 3.18. The molecular formula is C16H21N3O2. The van der Waals surface area contributed by atoms with E-state index in [0.717, 1.165) is 29.1 Å². The van der Waals surface area contributed by atoms with Gasteiger partial charge < -0.3 is 14.8 Å². The molecular weight excluding hydrogens is 266 g/mol. The van der Waals surface area contributed by atoms with Gasteiger partial charge in [0.15, 0.2) is 0 Å². The molecule has 1 atom stereocenters. The second kappa shape index (κ2) is 7.04. The Labute approximate surface area is 125 Å². The minimum absolute atomic E-state index is 0.000637. The number of nitrogens with one attached hydrogen (secondary N) is 1. The molecule has 112 valence electrons. The van der Waals surface area contributed by atoms with Crippen molar-refractivity contribution in [3.05, 3.63) is 47.2 Å². The second-order valence-corrected chi connectivity index (χ2v) is 4.71. The van der Waals surface area contributed by atoms with E-state index in [1.807, 2.05) is 24.3 Å². The van der Waals surface area contributed by atoms with Gasteiger partial charge in [0.2, 0.25) is 5.88 Å². The Bertz CT molecular complexity index is 585. The summed E-state index contributed by atoms with van der Waals surface area (Å²) in [6.07, 6.45) is 0. The standard InChI is InChI=1S/C16H21N3O2/c1-5-17-16(14-8-9-15(21-4)19-18-14)13-7-6-12(20-3)10-11(13)2/h6-10,16-17H,5H2,1-4H3. The molecule has 5 heteroatoms. The van der Waals surface area contributed by atoms with Crippen LogP contribution in [-0.4, -0.2) is 31.0 Å². The van der Waals surface area contributed by atoms with Crippen molar-refractivity contribution in [2.75, 3.05) is 20.8 Å². The second-order valence-electron chi connectivity index (χ2n) is 4.71. The maximum absolute atomic E-state index is 5.26. The van der Waals surface area contributed by atoms with E-state index in [1.165, 1.54) is 0 Å². The van der Waals surface area contributed by atoms with Crippen molar-refractivity contribution in [2.24, 2.45) is 0 Å². The lowest BCUT2D eigenvalue weighted by Crippen LogP contribution is -2.24. The van der Waals surface area contributed by atoms with Gasteiger partial charge in [-0.25, -0.2) is 0 Å². The van der Waals surface area contributed by atoms with E-state index < -0.39 is 0 Å². The van der Waals surface area contributed by atoms with Crippen LogP contribution in [0.1, 0.15) is 29.8 Å². The molecule has 2 aromatic rings. The Hall–Kier alpha value is -2.14. The molecule has 0 amide bonds. The van der Waals surface area contributed by atoms with Crippen molar-refractivity contribution in [3.8, 4) is 11.6 Å². The van der Waals surface area contributed by atoms with Crippen molar-refractivity contribution >= 4 is 0 Å². The van der Waals surface area contributed by atoms with Gasteiger partial charge in [0.25, 0.3) is 0 Å². The Balaban J connectivity index is 2.37. The summed E-state index contributed by atoms with van der Waals surface area (Å²) in [6.45, 7) is 4.98. The quantitative estimate of drug-likeness (QED) is 0.884. The molecule has 0 fully saturated rings. The van der Waals surface area contributed by atoms with E-state index in [9.17, 15) is 0 Å². The molecule has 1 unspecified atom stereocenters. The number of benzene rings is 1. The monoisotopic (exact) mass is 287 g/mol. The number of nitrogens with zero attached hydrogens (tertiary/aromatic N) is 2. The number of methoxy groups -OCH3 is 2. The average molecular weight is 287 g/mol. The Morgan fingerprint density at radius 3 is 2.43 bits per heavy atom. The normalized spacial score (nSPS) is 12.0. The summed E-state index contributed by atoms with van der Waals surface area (Å²) in [4.78, 5) is 0. The fourth-order valence-corrected chi connectivity index (χ4v) is 2.27. The van der Waals surface area contributed by atoms with Gasteiger partial charge in [-0.3, -0.25) is 0 Å². The Morgan fingerprint density at radius 1 is 1.10 bits per heavy atom. The molecule has 1 heterocycles. The molecule has 0 spiro atoms. The third kappa shape index (κ3) is 3.49. The van der Waals surface area contributed by atoms with Crippen LogP contribution in [0.4, 0.5) is 0 Å². The van der Waals surface area contributed by atoms with Crippen LogP contribution in [0.15, 0.2) is 30.3 Å². The Kier molecular flexibility index (Phi) is 5.11. The number of rotatable bonds is 6. The lowest BCUT2D eigenvalue weighted by molar-refractivity contribution is 0.390. The summed E-state index contributed by atoms with van der Waals surface area (Å²) in [5, 5.41) is 11.8. The van der Waals surface area contributed by atoms with Gasteiger partial charge in [0.1, 0.15) is 5.75 Å². The number of hydrogen-bond donors (Lipinski definition) is 1. The van der Waals surface area contributed by atoms with Crippen molar-refractivity contribution < 1.29 is 9.47 Å². The summed E-state index contributed by atoms with van der Waals surface area (Å²) in [6, 6.07) is 9.81. The van der Waals surface area contributed by atoms with E-state index in [0.29, 0.717) is 5.88 Å². The smallest absolute Gasteiger partial charge is 0.233 e. The van der Waals surface area contributed by atoms with Crippen LogP contribution in [0.25, 0.3) is 0 Å². The van der Waals surface area contributed by atoms with Crippen molar-refractivity contribution in [2.45, 2.75) is 19.9 Å². The first-order valence-corrected chi connectivity index (χ1v) is 6.95. The molecule has 1 aromatic carbocycles. The average Bonchev–Trinajstić information content (AvgIpc) is 2.53. The number of ether oxygens (including phenoxy) is 2. The lowest BCUT2D eigenvalue weighted by atomic mass is 9.98. The van der Waals surface area contributed by atoms with Crippen molar-refractivity contribution in [1.82, 2.24) is 15.5 Å². The molecule has 0 saturated carbocycles. The fourth-order valence-electron chi connectivity index (χ4n) is 2.27. The highest BCUT2D eigenvalue weighted by atomic mass is 16.5. The summed E-state index contributed by atoms with van der Waals surface area (Å²) in [7, 11) is 3.25. The molecule has 0 aliphatic rings. The summed E-state index contributed by atoms with van der Waals surface area (Å²) < 4.78 is 10.3. The summed E-state index contributed by atoms with van der Waals surface area (Å²) >= 11 is 0. The minimum Gasteiger partial charge on any atom is -0.497 e. The molecule has 21 heavy (non-hydrogen) atoms. The molecule has 0 aliphatic heterocycles. The first-order chi connectivity index (χ1) is 10.2. The highest BCUT2D eigenvalue weighted by Gasteiger charge is 2.17. The zero-order valence-electron chi connectivity index (χ0n) is 12.9. The first-order valence-electron chi connectivity index (χ1n) is 6.95. The zero-order chi connectivity index (χ0) is 15.2. The third-order valence-corrected chi connectivity index (χ3v) is 3.36. The minimum atomic E-state index is -0.000637. The van der Waals surface area contributed by atoms with Gasteiger partial charge in [-0.1, -0.05) is 13.0 Å². The zero-order valence-corrected chi connectivity index (χ0v) is 12.9. The van der Waals surface area contributed by atoms with Gasteiger partial charge in [-0.2, -0.15) is 0 Å². The van der Waals surface area contributed by atoms with Gasteiger partial charge in [0.05, 0.1) is 26.0 Å². The van der Waals surface area contributed by atoms with Crippen molar-refractivity contribution in [1.29, 1.82) is 0 Å². The van der Waals surface area contributed by atoms with Gasteiger partial charge in [-0.15, -0.1) is 10.2 Å². The van der Waals surface area contributed by atoms with Crippen LogP contribution in [0, 0.1) is 6.92 Å². The van der Waals surface area contributed by atoms with E-state index >= 15 is 0 Å². The van der Waals surface area contributed by atoms with Crippen LogP contribution in [0.5, 0.6) is 11.6 Å². The number of aromatic nitrogens is 2. The van der Waals surface area contributed by atoms with Crippen molar-refractivity contribution in [3.63, 3.8) is 0 Å². The first kappa shape index (κ1) is 15.3. The molecule has 0 bridgehead atoms. The predicted molar refractivity (Wildman–Crippen MR) is 81.8 cm³/mol. The molecule has 0 saturated heterocycles. The molecule has 1 N–H and O–H groups in total. The molecule has 2 rings (SSSR count). The summed E-state index contributed by atoms with van der Waals surface area (Å²) in [5.74, 6) is 1.37. The Morgan fingerprint density at radius 2 is 1.90 bits per heavy atom. The van der Waals surface area contributed by atoms with Crippen LogP contribution in [0.2, 0.25) is 0 Å². The number of hydrogen-bond acceptors (Lipinski definition) is 5. The lowest BCUT2D eigenvalue weighted by Gasteiger charge is -2.20. The molecule has 5 nitrogen and oxygen atoms in total. The fraction of sp³-hybridized carbons (Fsp3) is 0.375. The van der Waals surface area contributed by atoms with Crippen LogP contribution in [-0.2, 0) is 0 Å². The predicted octanol–water partition coefficient (Wildman–Crippen LogP) is 2.50. The number of aryl methyl sites for hydroxylation is 1. The third-order valence-electron chi connectivity index (χ3n) is 3.36. The van der Waals surface area contributed by atoms with Gasteiger partial charge >= 0.3 is 0 Å². The molecule has 1 aromatic heterocycles. The van der Waals surface area contributed by atoms with E-state index in [2.05, 4.69) is 35.4 Å². The van der Waals surface area contributed by atoms with Crippen LogP contribution < -0.4 is 14.8 Å². The molecule has 0 radical (unpaired) electrons. The maximum atomic E-state index is 5.26. The van der Waals surface area contributed by atoms with E-state index in [4.69, 9.17) is 9.47 Å². The molecule has 0 aliphatic carbocycles. The SMILES string of the molecule is CCNC(c1ccc(OC)nn1)c1ccc(OC)cc1C. The topological polar surface area (TPSA) is 56.3 Å².